The highest BCUT2D eigenvalue weighted by atomic mass is 16.2. The van der Waals surface area contributed by atoms with Crippen molar-refractivity contribution in [1.82, 2.24) is 15.1 Å². The van der Waals surface area contributed by atoms with Crippen molar-refractivity contribution in [2.75, 3.05) is 13.6 Å². The summed E-state index contributed by atoms with van der Waals surface area (Å²) < 4.78 is 0. The zero-order chi connectivity index (χ0) is 19.2. The average molecular weight is 370 g/mol. The Kier molecular flexibility index (Phi) is 4.75. The highest BCUT2D eigenvalue weighted by Crippen LogP contribution is 2.55. The Hall–Kier alpha value is -1.88. The second-order valence-corrected chi connectivity index (χ2v) is 8.87. The lowest BCUT2D eigenvalue weighted by molar-refractivity contribution is -0.144. The molecule has 0 radical (unpaired) electrons. The van der Waals surface area contributed by atoms with Crippen LogP contribution in [0.5, 0.6) is 0 Å². The molecule has 1 aromatic carbocycles. The van der Waals surface area contributed by atoms with Gasteiger partial charge in [-0.3, -0.25) is 14.5 Å². The molecule has 2 amide bonds. The first-order valence-corrected chi connectivity index (χ1v) is 10.2. The van der Waals surface area contributed by atoms with E-state index in [4.69, 9.17) is 0 Å². The number of fused-ring (bicyclic) bond motifs is 1. The Morgan fingerprint density at radius 1 is 1.19 bits per heavy atom. The van der Waals surface area contributed by atoms with Crippen molar-refractivity contribution in [1.29, 1.82) is 0 Å². The first-order valence-electron chi connectivity index (χ1n) is 10.2. The van der Waals surface area contributed by atoms with E-state index in [0.717, 1.165) is 12.8 Å². The zero-order valence-electron chi connectivity index (χ0n) is 16.6. The quantitative estimate of drug-likeness (QED) is 0.885. The summed E-state index contributed by atoms with van der Waals surface area (Å²) in [5.41, 5.74) is 1.44. The van der Waals surface area contributed by atoms with Crippen molar-refractivity contribution in [2.24, 2.45) is 5.41 Å². The number of likely N-dealkylation sites (N-methyl/N-ethyl adjacent to an activating group) is 1. The fourth-order valence-corrected chi connectivity index (χ4v) is 6.17. The van der Waals surface area contributed by atoms with Gasteiger partial charge in [-0.25, -0.2) is 0 Å². The first-order chi connectivity index (χ1) is 12.9. The molecule has 0 aromatic heterocycles. The van der Waals surface area contributed by atoms with E-state index < -0.39 is 0 Å². The monoisotopic (exact) mass is 369 g/mol. The molecule has 1 aromatic rings. The van der Waals surface area contributed by atoms with Gasteiger partial charge in [-0.1, -0.05) is 37.3 Å². The van der Waals surface area contributed by atoms with Crippen LogP contribution in [0.2, 0.25) is 0 Å². The van der Waals surface area contributed by atoms with E-state index in [1.165, 1.54) is 31.7 Å². The van der Waals surface area contributed by atoms with E-state index in [2.05, 4.69) is 53.4 Å². The molecule has 3 fully saturated rings. The van der Waals surface area contributed by atoms with Crippen LogP contribution in [0.4, 0.5) is 0 Å². The summed E-state index contributed by atoms with van der Waals surface area (Å²) >= 11 is 0. The summed E-state index contributed by atoms with van der Waals surface area (Å²) in [6, 6.07) is 11.9. The second kappa shape index (κ2) is 6.93. The maximum atomic E-state index is 13.3. The Balaban J connectivity index is 1.69. The molecule has 2 aliphatic heterocycles. The van der Waals surface area contributed by atoms with Crippen LogP contribution in [0.1, 0.15) is 45.1 Å². The largest absolute Gasteiger partial charge is 0.347 e. The molecule has 1 saturated carbocycles. The normalized spacial score (nSPS) is 35.1. The molecule has 0 unspecified atom stereocenters. The van der Waals surface area contributed by atoms with Crippen LogP contribution in [0.25, 0.3) is 0 Å². The standard InChI is InChI=1S/C22H31N3O2/c1-15(26)23-14-21(27)25-17(12-16-8-5-4-6-9-16)18-13-22(2)19(24(18)3)10-7-11-20(22)25/h4-6,8-9,17-20H,7,10-14H2,1-3H3,(H,23,26)/t17-,18+,19+,20-,22+/m1/s1. The number of hydrogen-bond donors (Lipinski definition) is 1. The fourth-order valence-electron chi connectivity index (χ4n) is 6.17. The first kappa shape index (κ1) is 18.5. The van der Waals surface area contributed by atoms with Crippen LogP contribution in [0, 0.1) is 5.41 Å². The van der Waals surface area contributed by atoms with Gasteiger partial charge in [0.15, 0.2) is 0 Å². The Morgan fingerprint density at radius 3 is 2.59 bits per heavy atom. The third kappa shape index (κ3) is 3.06. The number of piperidine rings is 1. The molecule has 4 rings (SSSR count). The molecule has 5 atom stereocenters. The maximum Gasteiger partial charge on any atom is 0.242 e. The Morgan fingerprint density at radius 2 is 1.89 bits per heavy atom. The molecule has 27 heavy (non-hydrogen) atoms. The summed E-state index contributed by atoms with van der Waals surface area (Å²) in [5, 5.41) is 2.73. The van der Waals surface area contributed by atoms with Gasteiger partial charge >= 0.3 is 0 Å². The lowest BCUT2D eigenvalue weighted by Crippen LogP contribution is -2.63. The highest BCUT2D eigenvalue weighted by Gasteiger charge is 2.62. The fraction of sp³-hybridized carbons (Fsp3) is 0.636. The van der Waals surface area contributed by atoms with Crippen molar-refractivity contribution in [3.8, 4) is 0 Å². The van der Waals surface area contributed by atoms with Gasteiger partial charge in [-0.2, -0.15) is 0 Å². The van der Waals surface area contributed by atoms with E-state index in [9.17, 15) is 9.59 Å². The number of nitrogens with zero attached hydrogens (tertiary/aromatic N) is 2. The minimum Gasteiger partial charge on any atom is -0.347 e. The number of likely N-dealkylation sites (tertiary alicyclic amines) is 2. The molecule has 1 N–H and O–H groups in total. The van der Waals surface area contributed by atoms with Gasteiger partial charge in [0.1, 0.15) is 0 Å². The van der Waals surface area contributed by atoms with Gasteiger partial charge in [0.2, 0.25) is 11.8 Å². The predicted octanol–water partition coefficient (Wildman–Crippen LogP) is 2.21. The minimum atomic E-state index is -0.146. The van der Waals surface area contributed by atoms with Crippen molar-refractivity contribution in [3.05, 3.63) is 35.9 Å². The van der Waals surface area contributed by atoms with Crippen LogP contribution in [0.15, 0.2) is 30.3 Å². The lowest BCUT2D eigenvalue weighted by Gasteiger charge is -2.53. The smallest absolute Gasteiger partial charge is 0.242 e. The number of nitrogens with one attached hydrogen (secondary N) is 1. The highest BCUT2D eigenvalue weighted by molar-refractivity contribution is 5.84. The summed E-state index contributed by atoms with van der Waals surface area (Å²) in [6.07, 6.45) is 5.52. The van der Waals surface area contributed by atoms with Crippen LogP contribution in [-0.4, -0.2) is 59.4 Å². The molecule has 2 bridgehead atoms. The van der Waals surface area contributed by atoms with E-state index >= 15 is 0 Å². The summed E-state index contributed by atoms with van der Waals surface area (Å²) in [4.78, 5) is 29.4. The van der Waals surface area contributed by atoms with Crippen LogP contribution in [0.3, 0.4) is 0 Å². The molecule has 2 heterocycles. The maximum absolute atomic E-state index is 13.3. The number of benzene rings is 1. The van der Waals surface area contributed by atoms with E-state index in [1.54, 1.807) is 0 Å². The number of rotatable bonds is 4. The van der Waals surface area contributed by atoms with Crippen LogP contribution in [-0.2, 0) is 16.0 Å². The number of hydrogen-bond acceptors (Lipinski definition) is 3. The zero-order valence-corrected chi connectivity index (χ0v) is 16.6. The number of amides is 2. The SMILES string of the molecule is CC(=O)NCC(=O)N1[C@H](Cc2ccccc2)[C@@H]2C[C@@]3(C)[C@H](CCC[C@@H]13)N2C. The third-order valence-electron chi connectivity index (χ3n) is 7.34. The van der Waals surface area contributed by atoms with Gasteiger partial charge in [0.05, 0.1) is 12.6 Å². The Bertz CT molecular complexity index is 722. The van der Waals surface area contributed by atoms with E-state index in [1.807, 2.05) is 6.07 Å². The summed E-state index contributed by atoms with van der Waals surface area (Å²) in [5.74, 6) is -0.0733. The summed E-state index contributed by atoms with van der Waals surface area (Å²) in [6.45, 7) is 3.96. The van der Waals surface area contributed by atoms with Crippen molar-refractivity contribution < 1.29 is 9.59 Å². The van der Waals surface area contributed by atoms with Gasteiger partial charge in [-0.05, 0) is 44.7 Å². The van der Waals surface area contributed by atoms with E-state index in [0.29, 0.717) is 12.1 Å². The predicted molar refractivity (Wildman–Crippen MR) is 105 cm³/mol. The Labute approximate surface area is 162 Å². The molecule has 3 aliphatic rings. The van der Waals surface area contributed by atoms with Crippen molar-refractivity contribution >= 4 is 11.8 Å². The molecule has 146 valence electrons. The topological polar surface area (TPSA) is 52.7 Å². The van der Waals surface area contributed by atoms with Crippen molar-refractivity contribution in [3.63, 3.8) is 0 Å². The minimum absolute atomic E-state index is 0.0722. The van der Waals surface area contributed by atoms with E-state index in [-0.39, 0.29) is 35.9 Å². The van der Waals surface area contributed by atoms with Crippen LogP contribution >= 0.6 is 0 Å². The van der Waals surface area contributed by atoms with Gasteiger partial charge < -0.3 is 10.2 Å². The lowest BCUT2D eigenvalue weighted by atomic mass is 9.64. The number of carbonyl (C=O) groups excluding carboxylic acids is 2. The van der Waals surface area contributed by atoms with Crippen LogP contribution < -0.4 is 5.32 Å². The molecule has 2 saturated heterocycles. The molecule has 5 nitrogen and oxygen atoms in total. The van der Waals surface area contributed by atoms with Crippen molar-refractivity contribution in [2.45, 2.75) is 70.1 Å². The van der Waals surface area contributed by atoms with Gasteiger partial charge in [0, 0.05) is 30.5 Å². The van der Waals surface area contributed by atoms with Gasteiger partial charge in [0.25, 0.3) is 0 Å². The molecule has 5 heteroatoms. The molecular formula is C22H31N3O2. The van der Waals surface area contributed by atoms with Gasteiger partial charge in [-0.15, -0.1) is 0 Å². The molecule has 0 spiro atoms. The molecular weight excluding hydrogens is 338 g/mol. The summed E-state index contributed by atoms with van der Waals surface area (Å²) in [7, 11) is 2.25. The molecule has 1 aliphatic carbocycles. The average Bonchev–Trinajstić information content (AvgIpc) is 2.91. The third-order valence-corrected chi connectivity index (χ3v) is 7.34. The second-order valence-electron chi connectivity index (χ2n) is 8.87. The number of carbonyl (C=O) groups is 2.